The number of amides is 2. The first-order valence-corrected chi connectivity index (χ1v) is 9.58. The van der Waals surface area contributed by atoms with Crippen molar-refractivity contribution < 1.29 is 9.59 Å². The predicted molar refractivity (Wildman–Crippen MR) is 109 cm³/mol. The number of carbonyl (C=O) groups excluding carboxylic acids is 2. The maximum Gasteiger partial charge on any atom is 0.229 e. The van der Waals surface area contributed by atoms with Crippen LogP contribution >= 0.6 is 27.5 Å². The fraction of sp³-hybridized carbons (Fsp3) is 0.300. The van der Waals surface area contributed by atoms with E-state index in [1.165, 1.54) is 0 Å². The highest BCUT2D eigenvalue weighted by Gasteiger charge is 2.35. The molecule has 1 aliphatic rings. The maximum atomic E-state index is 12.7. The van der Waals surface area contributed by atoms with Gasteiger partial charge in [-0.2, -0.15) is 0 Å². The van der Waals surface area contributed by atoms with Crippen LogP contribution < -0.4 is 10.2 Å². The number of aryl methyl sites for hydroxylation is 2. The molecule has 0 bridgehead atoms. The van der Waals surface area contributed by atoms with Gasteiger partial charge in [-0.05, 0) is 66.0 Å². The fourth-order valence-electron chi connectivity index (χ4n) is 3.25. The summed E-state index contributed by atoms with van der Waals surface area (Å²) in [4.78, 5) is 26.9. The molecule has 0 aliphatic carbocycles. The molecule has 1 N–H and O–H groups in total. The zero-order valence-corrected chi connectivity index (χ0v) is 17.2. The molecular weight excluding hydrogens is 416 g/mol. The Morgan fingerprint density at radius 1 is 1.23 bits per heavy atom. The second-order valence-electron chi connectivity index (χ2n) is 6.72. The molecule has 3 rings (SSSR count). The summed E-state index contributed by atoms with van der Waals surface area (Å²) < 4.78 is 0.784. The van der Waals surface area contributed by atoms with E-state index in [1.807, 2.05) is 45.0 Å². The highest BCUT2D eigenvalue weighted by molar-refractivity contribution is 9.10. The lowest BCUT2D eigenvalue weighted by Crippen LogP contribution is -2.28. The van der Waals surface area contributed by atoms with Crippen LogP contribution in [0.25, 0.3) is 0 Å². The summed E-state index contributed by atoms with van der Waals surface area (Å²) in [6.45, 7) is 6.24. The Bertz CT molecular complexity index is 898. The molecule has 136 valence electrons. The van der Waals surface area contributed by atoms with Crippen LogP contribution in [0.1, 0.15) is 23.1 Å². The third kappa shape index (κ3) is 3.64. The van der Waals surface area contributed by atoms with Crippen LogP contribution in [0.3, 0.4) is 0 Å². The molecule has 4 nitrogen and oxygen atoms in total. The molecular formula is C20H20BrClN2O2. The molecule has 2 amide bonds. The summed E-state index contributed by atoms with van der Waals surface area (Å²) in [5, 5.41) is 3.48. The van der Waals surface area contributed by atoms with E-state index in [0.29, 0.717) is 17.3 Å². The number of anilines is 2. The molecule has 1 saturated heterocycles. The minimum absolute atomic E-state index is 0.0253. The Balaban J connectivity index is 1.76. The highest BCUT2D eigenvalue weighted by atomic mass is 79.9. The van der Waals surface area contributed by atoms with E-state index in [2.05, 4.69) is 21.2 Å². The topological polar surface area (TPSA) is 49.4 Å². The number of benzene rings is 2. The van der Waals surface area contributed by atoms with Crippen LogP contribution in [-0.4, -0.2) is 18.4 Å². The molecule has 6 heteroatoms. The summed E-state index contributed by atoms with van der Waals surface area (Å²) in [6.07, 6.45) is 0.211. The Labute approximate surface area is 166 Å². The van der Waals surface area contributed by atoms with E-state index in [0.717, 1.165) is 26.9 Å². The Kier molecular flexibility index (Phi) is 5.39. The average molecular weight is 436 g/mol. The highest BCUT2D eigenvalue weighted by Crippen LogP contribution is 2.33. The smallest absolute Gasteiger partial charge is 0.229 e. The third-order valence-corrected chi connectivity index (χ3v) is 6.11. The van der Waals surface area contributed by atoms with Gasteiger partial charge in [0.2, 0.25) is 11.8 Å². The predicted octanol–water partition coefficient (Wildman–Crippen LogP) is 5.02. The van der Waals surface area contributed by atoms with Gasteiger partial charge in [-0.25, -0.2) is 0 Å². The van der Waals surface area contributed by atoms with Gasteiger partial charge in [-0.15, -0.1) is 0 Å². The van der Waals surface area contributed by atoms with Crippen LogP contribution in [0.15, 0.2) is 34.8 Å². The van der Waals surface area contributed by atoms with Crippen LogP contribution in [0.5, 0.6) is 0 Å². The monoisotopic (exact) mass is 434 g/mol. The van der Waals surface area contributed by atoms with Crippen molar-refractivity contribution in [3.8, 4) is 0 Å². The summed E-state index contributed by atoms with van der Waals surface area (Å²) in [5.74, 6) is -0.570. The van der Waals surface area contributed by atoms with E-state index >= 15 is 0 Å². The SMILES string of the molecule is Cc1ccc(N2C[C@H](C(=O)Nc3ccc(Br)c(Cl)c3C)CC2=O)c(C)c1. The molecule has 0 spiro atoms. The minimum Gasteiger partial charge on any atom is -0.325 e. The number of nitrogens with zero attached hydrogens (tertiary/aromatic N) is 1. The summed E-state index contributed by atoms with van der Waals surface area (Å²) in [5.41, 5.74) is 4.52. The second kappa shape index (κ2) is 7.41. The normalized spacial score (nSPS) is 16.9. The lowest BCUT2D eigenvalue weighted by atomic mass is 10.1. The van der Waals surface area contributed by atoms with Crippen molar-refractivity contribution in [2.75, 3.05) is 16.8 Å². The average Bonchev–Trinajstić information content (AvgIpc) is 2.97. The molecule has 26 heavy (non-hydrogen) atoms. The molecule has 0 unspecified atom stereocenters. The van der Waals surface area contributed by atoms with E-state index < -0.39 is 0 Å². The molecule has 1 aliphatic heterocycles. The first kappa shape index (κ1) is 18.9. The summed E-state index contributed by atoms with van der Waals surface area (Å²) >= 11 is 9.59. The van der Waals surface area contributed by atoms with Crippen molar-refractivity contribution in [3.63, 3.8) is 0 Å². The standard InChI is InChI=1S/C20H20BrClN2O2/c1-11-4-7-17(12(2)8-11)24-10-14(9-18(24)25)20(26)23-16-6-5-15(21)19(22)13(16)3/h4-8,14H,9-10H2,1-3H3,(H,23,26)/t14-/m1/s1. The van der Waals surface area contributed by atoms with Gasteiger partial charge in [-0.3, -0.25) is 9.59 Å². The lowest BCUT2D eigenvalue weighted by molar-refractivity contribution is -0.122. The first-order chi connectivity index (χ1) is 12.3. The number of carbonyl (C=O) groups is 2. The number of rotatable bonds is 3. The Morgan fingerprint density at radius 2 is 1.96 bits per heavy atom. The van der Waals surface area contributed by atoms with Crippen LogP contribution in [0.4, 0.5) is 11.4 Å². The number of hydrogen-bond acceptors (Lipinski definition) is 2. The zero-order valence-electron chi connectivity index (χ0n) is 14.9. The zero-order chi connectivity index (χ0) is 19.0. The molecule has 1 fully saturated rings. The largest absolute Gasteiger partial charge is 0.325 e. The molecule has 2 aromatic carbocycles. The third-order valence-electron chi connectivity index (χ3n) is 4.74. The van der Waals surface area contributed by atoms with Gasteiger partial charge in [-0.1, -0.05) is 29.3 Å². The molecule has 1 heterocycles. The van der Waals surface area contributed by atoms with Crippen molar-refractivity contribution in [2.45, 2.75) is 27.2 Å². The summed E-state index contributed by atoms with van der Waals surface area (Å²) in [7, 11) is 0. The van der Waals surface area contributed by atoms with Crippen molar-refractivity contribution in [3.05, 3.63) is 56.5 Å². The molecule has 0 saturated carbocycles. The van der Waals surface area contributed by atoms with Crippen LogP contribution in [0, 0.1) is 26.7 Å². The molecule has 0 aromatic heterocycles. The minimum atomic E-state index is -0.384. The maximum absolute atomic E-state index is 12.7. The van der Waals surface area contributed by atoms with Gasteiger partial charge in [0, 0.05) is 28.8 Å². The number of halogens is 2. The first-order valence-electron chi connectivity index (χ1n) is 8.41. The van der Waals surface area contributed by atoms with Gasteiger partial charge >= 0.3 is 0 Å². The Morgan fingerprint density at radius 3 is 2.65 bits per heavy atom. The van der Waals surface area contributed by atoms with Crippen molar-refractivity contribution in [1.29, 1.82) is 0 Å². The van der Waals surface area contributed by atoms with Crippen LogP contribution in [0.2, 0.25) is 5.02 Å². The Hall–Kier alpha value is -1.85. The van der Waals surface area contributed by atoms with E-state index in [-0.39, 0.29) is 24.2 Å². The van der Waals surface area contributed by atoms with Gasteiger partial charge < -0.3 is 10.2 Å². The lowest BCUT2D eigenvalue weighted by Gasteiger charge is -2.19. The quantitative estimate of drug-likeness (QED) is 0.736. The second-order valence-corrected chi connectivity index (χ2v) is 7.95. The molecule has 2 aromatic rings. The van der Waals surface area contributed by atoms with Gasteiger partial charge in [0.25, 0.3) is 0 Å². The van der Waals surface area contributed by atoms with Gasteiger partial charge in [0.1, 0.15) is 0 Å². The van der Waals surface area contributed by atoms with Gasteiger partial charge in [0.05, 0.1) is 10.9 Å². The van der Waals surface area contributed by atoms with E-state index in [1.54, 1.807) is 11.0 Å². The summed E-state index contributed by atoms with van der Waals surface area (Å²) in [6, 6.07) is 9.58. The van der Waals surface area contributed by atoms with Crippen molar-refractivity contribution in [1.82, 2.24) is 0 Å². The van der Waals surface area contributed by atoms with E-state index in [4.69, 9.17) is 11.6 Å². The van der Waals surface area contributed by atoms with Crippen molar-refractivity contribution >= 4 is 50.7 Å². The van der Waals surface area contributed by atoms with Crippen molar-refractivity contribution in [2.24, 2.45) is 5.92 Å². The van der Waals surface area contributed by atoms with E-state index in [9.17, 15) is 9.59 Å². The fourth-order valence-corrected chi connectivity index (χ4v) is 3.84. The molecule has 1 atom stereocenters. The molecule has 0 radical (unpaired) electrons. The number of hydrogen-bond donors (Lipinski definition) is 1. The number of nitrogens with one attached hydrogen (secondary N) is 1. The van der Waals surface area contributed by atoms with Gasteiger partial charge in [0.15, 0.2) is 0 Å². The van der Waals surface area contributed by atoms with Crippen LogP contribution in [-0.2, 0) is 9.59 Å².